The number of aromatic nitrogens is 3. The first-order valence-electron chi connectivity index (χ1n) is 7.04. The number of halogens is 3. The first kappa shape index (κ1) is 16.4. The maximum absolute atomic E-state index is 12.8. The van der Waals surface area contributed by atoms with E-state index in [0.717, 1.165) is 27.7 Å². The number of nitrogens with one attached hydrogen (secondary N) is 1. The molecule has 0 fully saturated rings. The number of hydrogen-bond acceptors (Lipinski definition) is 5. The van der Waals surface area contributed by atoms with Crippen molar-refractivity contribution in [2.45, 2.75) is 20.0 Å². The average molecular weight is 350 g/mol. The molecule has 24 heavy (non-hydrogen) atoms. The van der Waals surface area contributed by atoms with E-state index in [2.05, 4.69) is 20.3 Å². The summed E-state index contributed by atoms with van der Waals surface area (Å²) < 4.78 is 38.3. The first-order valence-corrected chi connectivity index (χ1v) is 7.86. The van der Waals surface area contributed by atoms with Crippen LogP contribution < -0.4 is 5.32 Å². The van der Waals surface area contributed by atoms with Gasteiger partial charge in [-0.25, -0.2) is 15.0 Å². The highest BCUT2D eigenvalue weighted by atomic mass is 32.1. The van der Waals surface area contributed by atoms with Crippen molar-refractivity contribution in [2.24, 2.45) is 0 Å². The summed E-state index contributed by atoms with van der Waals surface area (Å²) in [7, 11) is 0. The van der Waals surface area contributed by atoms with Gasteiger partial charge in [0.1, 0.15) is 0 Å². The largest absolute Gasteiger partial charge is 0.416 e. The molecule has 0 spiro atoms. The number of nitrogens with zero attached hydrogens (tertiary/aromatic N) is 3. The third-order valence-electron chi connectivity index (χ3n) is 3.24. The van der Waals surface area contributed by atoms with E-state index >= 15 is 0 Å². The Morgan fingerprint density at radius 3 is 2.54 bits per heavy atom. The third kappa shape index (κ3) is 3.53. The fourth-order valence-corrected chi connectivity index (χ4v) is 3.11. The van der Waals surface area contributed by atoms with E-state index in [-0.39, 0.29) is 11.6 Å². The second-order valence-electron chi connectivity index (χ2n) is 5.12. The van der Waals surface area contributed by atoms with Gasteiger partial charge in [0.25, 0.3) is 0 Å². The van der Waals surface area contributed by atoms with Gasteiger partial charge in [0.15, 0.2) is 0 Å². The lowest BCUT2D eigenvalue weighted by Gasteiger charge is -2.10. The van der Waals surface area contributed by atoms with E-state index in [0.29, 0.717) is 5.69 Å². The van der Waals surface area contributed by atoms with E-state index in [1.54, 1.807) is 12.3 Å². The standard InChI is InChI=1S/C16H13F3N4S/c1-9-14(24-10(2)21-9)13-6-7-20-15(23-13)22-12-5-3-4-11(8-12)16(17,18)19/h3-8H,1-2H3,(H,20,22,23). The number of aryl methyl sites for hydroxylation is 2. The highest BCUT2D eigenvalue weighted by molar-refractivity contribution is 7.15. The van der Waals surface area contributed by atoms with E-state index in [4.69, 9.17) is 0 Å². The van der Waals surface area contributed by atoms with Crippen molar-refractivity contribution < 1.29 is 13.2 Å². The van der Waals surface area contributed by atoms with Crippen LogP contribution >= 0.6 is 11.3 Å². The van der Waals surface area contributed by atoms with Crippen LogP contribution in [-0.4, -0.2) is 15.0 Å². The second-order valence-corrected chi connectivity index (χ2v) is 6.32. The van der Waals surface area contributed by atoms with E-state index in [1.807, 2.05) is 13.8 Å². The molecular formula is C16H13F3N4S. The predicted octanol–water partition coefficient (Wildman–Crippen LogP) is 4.98. The van der Waals surface area contributed by atoms with Crippen molar-refractivity contribution >= 4 is 23.0 Å². The van der Waals surface area contributed by atoms with E-state index in [1.165, 1.54) is 23.5 Å². The Kier molecular flexibility index (Phi) is 4.23. The van der Waals surface area contributed by atoms with Gasteiger partial charge in [-0.05, 0) is 38.1 Å². The minimum absolute atomic E-state index is 0.234. The Morgan fingerprint density at radius 1 is 1.08 bits per heavy atom. The van der Waals surface area contributed by atoms with Gasteiger partial charge in [-0.2, -0.15) is 13.2 Å². The Balaban J connectivity index is 1.89. The molecule has 2 heterocycles. The van der Waals surface area contributed by atoms with Gasteiger partial charge in [0, 0.05) is 11.9 Å². The molecule has 0 radical (unpaired) electrons. The van der Waals surface area contributed by atoms with Crippen LogP contribution in [0, 0.1) is 13.8 Å². The molecule has 8 heteroatoms. The summed E-state index contributed by atoms with van der Waals surface area (Å²) >= 11 is 1.51. The SMILES string of the molecule is Cc1nc(C)c(-c2ccnc(Nc3cccc(C(F)(F)F)c3)n2)s1. The van der Waals surface area contributed by atoms with Gasteiger partial charge < -0.3 is 5.32 Å². The van der Waals surface area contributed by atoms with Crippen LogP contribution in [0.2, 0.25) is 0 Å². The van der Waals surface area contributed by atoms with E-state index in [9.17, 15) is 13.2 Å². The minimum Gasteiger partial charge on any atom is -0.324 e. The average Bonchev–Trinajstić information content (AvgIpc) is 2.86. The summed E-state index contributed by atoms with van der Waals surface area (Å²) in [4.78, 5) is 13.7. The molecule has 0 unspecified atom stereocenters. The summed E-state index contributed by atoms with van der Waals surface area (Å²) in [6.45, 7) is 3.80. The second kappa shape index (κ2) is 6.20. The Hall–Kier alpha value is -2.48. The van der Waals surface area contributed by atoms with Gasteiger partial charge in [0.05, 0.1) is 26.8 Å². The fraction of sp³-hybridized carbons (Fsp3) is 0.188. The fourth-order valence-electron chi connectivity index (χ4n) is 2.22. The number of alkyl halides is 3. The van der Waals surface area contributed by atoms with Crippen LogP contribution in [0.3, 0.4) is 0 Å². The molecule has 0 aliphatic rings. The van der Waals surface area contributed by atoms with Gasteiger partial charge in [-0.15, -0.1) is 11.3 Å². The molecule has 4 nitrogen and oxygen atoms in total. The van der Waals surface area contributed by atoms with Crippen LogP contribution in [0.5, 0.6) is 0 Å². The predicted molar refractivity (Wildman–Crippen MR) is 87.3 cm³/mol. The first-order chi connectivity index (χ1) is 11.3. The van der Waals surface area contributed by atoms with Crippen LogP contribution in [0.25, 0.3) is 10.6 Å². The Bertz CT molecular complexity index is 874. The smallest absolute Gasteiger partial charge is 0.324 e. The zero-order valence-electron chi connectivity index (χ0n) is 12.8. The monoisotopic (exact) mass is 350 g/mol. The minimum atomic E-state index is -4.39. The number of rotatable bonds is 3. The third-order valence-corrected chi connectivity index (χ3v) is 4.33. The number of benzene rings is 1. The lowest BCUT2D eigenvalue weighted by atomic mass is 10.2. The number of thiazole rings is 1. The maximum atomic E-state index is 12.8. The van der Waals surface area contributed by atoms with Crippen LogP contribution in [-0.2, 0) is 6.18 Å². The number of anilines is 2. The van der Waals surface area contributed by atoms with Crippen LogP contribution in [0.4, 0.5) is 24.8 Å². The normalized spacial score (nSPS) is 11.5. The topological polar surface area (TPSA) is 50.7 Å². The zero-order chi connectivity index (χ0) is 17.3. The van der Waals surface area contributed by atoms with Gasteiger partial charge in [-0.1, -0.05) is 6.07 Å². The van der Waals surface area contributed by atoms with Gasteiger partial charge >= 0.3 is 6.18 Å². The van der Waals surface area contributed by atoms with Crippen molar-refractivity contribution in [1.82, 2.24) is 15.0 Å². The molecule has 124 valence electrons. The number of hydrogen-bond donors (Lipinski definition) is 1. The lowest BCUT2D eigenvalue weighted by molar-refractivity contribution is -0.137. The summed E-state index contributed by atoms with van der Waals surface area (Å²) in [5, 5.41) is 3.74. The Morgan fingerprint density at radius 2 is 1.88 bits per heavy atom. The molecule has 3 aromatic rings. The quantitative estimate of drug-likeness (QED) is 0.724. The van der Waals surface area contributed by atoms with Crippen LogP contribution in [0.1, 0.15) is 16.3 Å². The lowest BCUT2D eigenvalue weighted by Crippen LogP contribution is -2.05. The molecule has 0 saturated heterocycles. The van der Waals surface area contributed by atoms with Crippen molar-refractivity contribution in [2.75, 3.05) is 5.32 Å². The summed E-state index contributed by atoms with van der Waals surface area (Å²) in [6.07, 6.45) is -2.83. The molecule has 0 amide bonds. The van der Waals surface area contributed by atoms with Gasteiger partial charge in [0.2, 0.25) is 5.95 Å². The summed E-state index contributed by atoms with van der Waals surface area (Å²) in [5.74, 6) is 0.234. The molecule has 1 aromatic carbocycles. The molecule has 0 aliphatic heterocycles. The Labute approximate surface area is 140 Å². The molecular weight excluding hydrogens is 337 g/mol. The van der Waals surface area contributed by atoms with Crippen LogP contribution in [0.15, 0.2) is 36.5 Å². The molecule has 1 N–H and O–H groups in total. The summed E-state index contributed by atoms with van der Waals surface area (Å²) in [6, 6.07) is 6.67. The molecule has 0 aliphatic carbocycles. The van der Waals surface area contributed by atoms with E-state index < -0.39 is 11.7 Å². The van der Waals surface area contributed by atoms with Gasteiger partial charge in [-0.3, -0.25) is 0 Å². The summed E-state index contributed by atoms with van der Waals surface area (Å²) in [5.41, 5.74) is 1.10. The highest BCUT2D eigenvalue weighted by Gasteiger charge is 2.30. The molecule has 0 saturated carbocycles. The van der Waals surface area contributed by atoms with Crippen molar-refractivity contribution in [3.8, 4) is 10.6 Å². The van der Waals surface area contributed by atoms with Crippen molar-refractivity contribution in [3.05, 3.63) is 52.8 Å². The van der Waals surface area contributed by atoms with Crippen molar-refractivity contribution in [3.63, 3.8) is 0 Å². The molecule has 2 aromatic heterocycles. The molecule has 3 rings (SSSR count). The maximum Gasteiger partial charge on any atom is 0.416 e. The molecule has 0 atom stereocenters. The van der Waals surface area contributed by atoms with Crippen molar-refractivity contribution in [1.29, 1.82) is 0 Å². The zero-order valence-corrected chi connectivity index (χ0v) is 13.7. The highest BCUT2D eigenvalue weighted by Crippen LogP contribution is 2.32. The molecule has 0 bridgehead atoms.